The average molecular weight is 279 g/mol. The van der Waals surface area contributed by atoms with Crippen LogP contribution < -0.4 is 15.5 Å². The third-order valence-corrected chi connectivity index (χ3v) is 4.16. The summed E-state index contributed by atoms with van der Waals surface area (Å²) < 4.78 is 14.1. The molecular formula is C16H26FN3. The van der Waals surface area contributed by atoms with E-state index in [1.54, 1.807) is 6.07 Å². The quantitative estimate of drug-likeness (QED) is 0.867. The van der Waals surface area contributed by atoms with Gasteiger partial charge in [0.25, 0.3) is 0 Å². The number of nitrogens with zero attached hydrogens (tertiary/aromatic N) is 1. The second-order valence-electron chi connectivity index (χ2n) is 5.95. The van der Waals surface area contributed by atoms with Crippen LogP contribution in [-0.2, 0) is 0 Å². The topological polar surface area (TPSA) is 27.3 Å². The van der Waals surface area contributed by atoms with Crippen LogP contribution in [0.5, 0.6) is 0 Å². The zero-order valence-electron chi connectivity index (χ0n) is 12.7. The van der Waals surface area contributed by atoms with E-state index in [1.807, 2.05) is 24.1 Å². The van der Waals surface area contributed by atoms with Gasteiger partial charge in [0.15, 0.2) is 0 Å². The van der Waals surface area contributed by atoms with Crippen molar-refractivity contribution in [2.45, 2.75) is 32.7 Å². The predicted octanol–water partition coefficient (Wildman–Crippen LogP) is 3.08. The van der Waals surface area contributed by atoms with Crippen LogP contribution in [0.4, 0.5) is 15.8 Å². The number of rotatable bonds is 5. The molecule has 2 N–H and O–H groups in total. The van der Waals surface area contributed by atoms with Gasteiger partial charge in [0.2, 0.25) is 0 Å². The summed E-state index contributed by atoms with van der Waals surface area (Å²) in [6.07, 6.45) is 2.40. The number of hydrogen-bond donors (Lipinski definition) is 2. The van der Waals surface area contributed by atoms with E-state index in [1.165, 1.54) is 12.8 Å². The van der Waals surface area contributed by atoms with Gasteiger partial charge >= 0.3 is 0 Å². The van der Waals surface area contributed by atoms with Crippen molar-refractivity contribution in [3.05, 3.63) is 24.0 Å². The Balaban J connectivity index is 1.94. The first-order valence-electron chi connectivity index (χ1n) is 7.55. The van der Waals surface area contributed by atoms with Crippen molar-refractivity contribution in [2.24, 2.45) is 5.92 Å². The van der Waals surface area contributed by atoms with E-state index in [2.05, 4.69) is 24.5 Å². The second-order valence-corrected chi connectivity index (χ2v) is 5.95. The largest absolute Gasteiger partial charge is 0.385 e. The highest BCUT2D eigenvalue weighted by molar-refractivity contribution is 5.56. The Labute approximate surface area is 121 Å². The van der Waals surface area contributed by atoms with Crippen LogP contribution in [0.3, 0.4) is 0 Å². The summed E-state index contributed by atoms with van der Waals surface area (Å²) in [6.45, 7) is 7.24. The Morgan fingerprint density at radius 2 is 2.05 bits per heavy atom. The van der Waals surface area contributed by atoms with Crippen LogP contribution in [0.2, 0.25) is 0 Å². The van der Waals surface area contributed by atoms with Crippen molar-refractivity contribution in [3.8, 4) is 0 Å². The zero-order chi connectivity index (χ0) is 14.5. The molecular weight excluding hydrogens is 253 g/mol. The van der Waals surface area contributed by atoms with E-state index < -0.39 is 0 Å². The number of nitrogens with one attached hydrogen (secondary N) is 2. The van der Waals surface area contributed by atoms with Crippen LogP contribution >= 0.6 is 0 Å². The summed E-state index contributed by atoms with van der Waals surface area (Å²) >= 11 is 0. The van der Waals surface area contributed by atoms with Gasteiger partial charge in [0.1, 0.15) is 5.82 Å². The molecule has 0 amide bonds. The molecule has 2 rings (SSSR count). The smallest absolute Gasteiger partial charge is 0.148 e. The molecule has 1 aliphatic heterocycles. The van der Waals surface area contributed by atoms with Crippen LogP contribution in [0.15, 0.2) is 18.2 Å². The summed E-state index contributed by atoms with van der Waals surface area (Å²) in [5.74, 6) is 0.536. The SMILES string of the molecule is CC(C)N(C)c1ccc(NCC2CCNCC2)cc1F. The van der Waals surface area contributed by atoms with E-state index >= 15 is 0 Å². The molecule has 0 aromatic heterocycles. The number of benzene rings is 1. The lowest BCUT2D eigenvalue weighted by Crippen LogP contribution is -2.31. The summed E-state index contributed by atoms with van der Waals surface area (Å²) in [7, 11) is 1.92. The third-order valence-electron chi connectivity index (χ3n) is 4.16. The lowest BCUT2D eigenvalue weighted by atomic mass is 9.98. The van der Waals surface area contributed by atoms with Gasteiger partial charge in [0.05, 0.1) is 5.69 Å². The second kappa shape index (κ2) is 6.93. The molecule has 0 atom stereocenters. The first-order valence-corrected chi connectivity index (χ1v) is 7.55. The fourth-order valence-electron chi connectivity index (χ4n) is 2.53. The number of anilines is 2. The van der Waals surface area contributed by atoms with Gasteiger partial charge < -0.3 is 15.5 Å². The molecule has 3 nitrogen and oxygen atoms in total. The lowest BCUT2D eigenvalue weighted by molar-refractivity contribution is 0.390. The van der Waals surface area contributed by atoms with Crippen LogP contribution in [0.1, 0.15) is 26.7 Å². The van der Waals surface area contributed by atoms with Crippen LogP contribution in [-0.4, -0.2) is 32.7 Å². The van der Waals surface area contributed by atoms with E-state index in [0.29, 0.717) is 11.6 Å². The van der Waals surface area contributed by atoms with Gasteiger partial charge in [-0.2, -0.15) is 0 Å². The highest BCUT2D eigenvalue weighted by Crippen LogP contribution is 2.24. The van der Waals surface area contributed by atoms with Crippen molar-refractivity contribution >= 4 is 11.4 Å². The molecule has 1 heterocycles. The van der Waals surface area contributed by atoms with Gasteiger partial charge in [-0.15, -0.1) is 0 Å². The molecule has 1 saturated heterocycles. The van der Waals surface area contributed by atoms with E-state index in [4.69, 9.17) is 0 Å². The Kier molecular flexibility index (Phi) is 5.24. The predicted molar refractivity (Wildman–Crippen MR) is 84.0 cm³/mol. The van der Waals surface area contributed by atoms with Crippen LogP contribution in [0.25, 0.3) is 0 Å². The first kappa shape index (κ1) is 15.1. The van der Waals surface area contributed by atoms with Crippen molar-refractivity contribution in [1.82, 2.24) is 5.32 Å². The van der Waals surface area contributed by atoms with Crippen molar-refractivity contribution in [2.75, 3.05) is 36.9 Å². The molecule has 0 aliphatic carbocycles. The normalized spacial score (nSPS) is 16.4. The van der Waals surface area contributed by atoms with Gasteiger partial charge in [-0.3, -0.25) is 0 Å². The number of hydrogen-bond acceptors (Lipinski definition) is 3. The summed E-state index contributed by atoms with van der Waals surface area (Å²) in [5, 5.41) is 6.72. The minimum atomic E-state index is -0.156. The average Bonchev–Trinajstić information content (AvgIpc) is 2.45. The van der Waals surface area contributed by atoms with Crippen LogP contribution in [0, 0.1) is 11.7 Å². The molecule has 0 radical (unpaired) electrons. The van der Waals surface area contributed by atoms with E-state index in [0.717, 1.165) is 25.3 Å². The maximum absolute atomic E-state index is 14.1. The van der Waals surface area contributed by atoms with Crippen molar-refractivity contribution in [3.63, 3.8) is 0 Å². The Bertz CT molecular complexity index is 428. The molecule has 1 aromatic rings. The summed E-state index contributed by atoms with van der Waals surface area (Å²) in [6, 6.07) is 5.73. The molecule has 4 heteroatoms. The minimum Gasteiger partial charge on any atom is -0.385 e. The minimum absolute atomic E-state index is 0.156. The molecule has 1 fully saturated rings. The molecule has 0 saturated carbocycles. The zero-order valence-corrected chi connectivity index (χ0v) is 12.7. The first-order chi connectivity index (χ1) is 9.58. The fraction of sp³-hybridized carbons (Fsp3) is 0.625. The fourth-order valence-corrected chi connectivity index (χ4v) is 2.53. The number of halogens is 1. The maximum atomic E-state index is 14.1. The Morgan fingerprint density at radius 1 is 1.35 bits per heavy atom. The van der Waals surface area contributed by atoms with Gasteiger partial charge in [0, 0.05) is 25.3 Å². The number of piperidine rings is 1. The van der Waals surface area contributed by atoms with Crippen molar-refractivity contribution in [1.29, 1.82) is 0 Å². The molecule has 20 heavy (non-hydrogen) atoms. The van der Waals surface area contributed by atoms with E-state index in [-0.39, 0.29) is 11.9 Å². The summed E-state index contributed by atoms with van der Waals surface area (Å²) in [4.78, 5) is 1.95. The molecule has 0 unspecified atom stereocenters. The molecule has 1 aromatic carbocycles. The van der Waals surface area contributed by atoms with Gasteiger partial charge in [-0.25, -0.2) is 4.39 Å². The molecule has 1 aliphatic rings. The lowest BCUT2D eigenvalue weighted by Gasteiger charge is -2.25. The Hall–Kier alpha value is -1.29. The molecule has 0 spiro atoms. The van der Waals surface area contributed by atoms with Crippen molar-refractivity contribution < 1.29 is 4.39 Å². The van der Waals surface area contributed by atoms with Gasteiger partial charge in [-0.1, -0.05) is 0 Å². The van der Waals surface area contributed by atoms with Gasteiger partial charge in [-0.05, 0) is 63.9 Å². The van der Waals surface area contributed by atoms with E-state index in [9.17, 15) is 4.39 Å². The monoisotopic (exact) mass is 279 g/mol. The standard InChI is InChI=1S/C16H26FN3/c1-12(2)20(3)16-5-4-14(10-15(16)17)19-11-13-6-8-18-9-7-13/h4-5,10,12-13,18-19H,6-9,11H2,1-3H3. The third kappa shape index (κ3) is 3.85. The maximum Gasteiger partial charge on any atom is 0.148 e. The molecule has 0 bridgehead atoms. The Morgan fingerprint density at radius 3 is 2.65 bits per heavy atom. The summed E-state index contributed by atoms with van der Waals surface area (Å²) in [5.41, 5.74) is 1.54. The highest BCUT2D eigenvalue weighted by Gasteiger charge is 2.14. The highest BCUT2D eigenvalue weighted by atomic mass is 19.1. The molecule has 112 valence electrons.